The summed E-state index contributed by atoms with van der Waals surface area (Å²) >= 11 is 0. The second-order valence-electron chi connectivity index (χ2n) is 9.51. The lowest BCUT2D eigenvalue weighted by molar-refractivity contribution is -0.137. The number of rotatable bonds is 6. The third-order valence-electron chi connectivity index (χ3n) is 6.76. The largest absolute Gasteiger partial charge is 0.416 e. The molecule has 3 aromatic rings. The highest BCUT2D eigenvalue weighted by Crippen LogP contribution is 2.32. The number of anilines is 3. The molecule has 3 heterocycles. The van der Waals surface area contributed by atoms with Crippen LogP contribution in [0.4, 0.5) is 30.5 Å². The molecule has 40 heavy (non-hydrogen) atoms. The Kier molecular flexibility index (Phi) is 7.65. The number of aromatic nitrogens is 2. The topological polar surface area (TPSA) is 107 Å². The van der Waals surface area contributed by atoms with Crippen LogP contribution in [-0.4, -0.2) is 46.1 Å². The number of nitrogens with one attached hydrogen (secondary N) is 2. The van der Waals surface area contributed by atoms with E-state index in [9.17, 15) is 27.9 Å². The van der Waals surface area contributed by atoms with Crippen LogP contribution in [0, 0.1) is 0 Å². The number of allylic oxidation sites excluding steroid dienone is 2. The summed E-state index contributed by atoms with van der Waals surface area (Å²) in [4.78, 5) is 35.4. The molecule has 0 aliphatic carbocycles. The van der Waals surface area contributed by atoms with Gasteiger partial charge in [-0.2, -0.15) is 13.2 Å². The van der Waals surface area contributed by atoms with Crippen LogP contribution in [0.15, 0.2) is 73.1 Å². The number of aliphatic hydroxyl groups is 1. The standard InChI is InChI=1S/C29H26F3N5O3/c30-29(31,32)20-11-9-18(10-12-20)21(19-16-33-28(34-17-19)37-13-1-2-14-37)5-3-8-26(39)35-23-6-4-7-24-22(23)15-25(38)27(40)36-24/h3-12,16-17,25,38H,1-2,13-15H2,(H,35,39)(H,36,40). The second kappa shape index (κ2) is 11.3. The molecule has 3 N–H and O–H groups in total. The van der Waals surface area contributed by atoms with E-state index in [1.54, 1.807) is 36.7 Å². The maximum Gasteiger partial charge on any atom is 0.416 e. The lowest BCUT2D eigenvalue weighted by Crippen LogP contribution is -2.34. The molecule has 2 aromatic carbocycles. The number of benzene rings is 2. The van der Waals surface area contributed by atoms with Gasteiger partial charge < -0.3 is 20.6 Å². The van der Waals surface area contributed by atoms with Crippen molar-refractivity contribution in [2.75, 3.05) is 28.6 Å². The molecule has 0 radical (unpaired) electrons. The zero-order valence-corrected chi connectivity index (χ0v) is 21.3. The number of carbonyl (C=O) groups excluding carboxylic acids is 2. The van der Waals surface area contributed by atoms with Crippen molar-refractivity contribution in [3.8, 4) is 0 Å². The maximum absolute atomic E-state index is 13.1. The number of aliphatic hydroxyl groups excluding tert-OH is 1. The lowest BCUT2D eigenvalue weighted by Gasteiger charge is -2.23. The summed E-state index contributed by atoms with van der Waals surface area (Å²) < 4.78 is 39.4. The van der Waals surface area contributed by atoms with Crippen molar-refractivity contribution in [3.05, 3.63) is 95.3 Å². The van der Waals surface area contributed by atoms with Gasteiger partial charge >= 0.3 is 6.18 Å². The molecule has 2 aliphatic rings. The van der Waals surface area contributed by atoms with E-state index in [1.165, 1.54) is 24.3 Å². The number of halogens is 3. The van der Waals surface area contributed by atoms with E-state index >= 15 is 0 Å². The van der Waals surface area contributed by atoms with E-state index in [1.807, 2.05) is 0 Å². The van der Waals surface area contributed by atoms with Gasteiger partial charge in [0.2, 0.25) is 11.9 Å². The summed E-state index contributed by atoms with van der Waals surface area (Å²) in [5, 5.41) is 15.3. The van der Waals surface area contributed by atoms with Crippen LogP contribution >= 0.6 is 0 Å². The van der Waals surface area contributed by atoms with Gasteiger partial charge in [0.05, 0.1) is 5.56 Å². The van der Waals surface area contributed by atoms with Gasteiger partial charge in [0.15, 0.2) is 0 Å². The Morgan fingerprint density at radius 3 is 2.42 bits per heavy atom. The molecule has 1 saturated heterocycles. The van der Waals surface area contributed by atoms with Gasteiger partial charge in [0.1, 0.15) is 6.10 Å². The maximum atomic E-state index is 13.1. The third-order valence-corrected chi connectivity index (χ3v) is 6.76. The number of alkyl halides is 3. The van der Waals surface area contributed by atoms with Crippen LogP contribution < -0.4 is 15.5 Å². The highest BCUT2D eigenvalue weighted by Gasteiger charge is 2.30. The van der Waals surface area contributed by atoms with Crippen LogP contribution in [0.2, 0.25) is 0 Å². The molecular weight excluding hydrogens is 523 g/mol. The Balaban J connectivity index is 1.39. The average Bonchev–Trinajstić information content (AvgIpc) is 3.47. The van der Waals surface area contributed by atoms with E-state index < -0.39 is 29.7 Å². The van der Waals surface area contributed by atoms with Gasteiger partial charge in [-0.1, -0.05) is 30.4 Å². The summed E-state index contributed by atoms with van der Waals surface area (Å²) in [6, 6.07) is 9.76. The number of fused-ring (bicyclic) bond motifs is 1. The fourth-order valence-electron chi connectivity index (χ4n) is 4.69. The third kappa shape index (κ3) is 6.04. The first kappa shape index (κ1) is 27.1. The molecule has 0 spiro atoms. The quantitative estimate of drug-likeness (QED) is 0.307. The van der Waals surface area contributed by atoms with Crippen LogP contribution in [0.25, 0.3) is 5.57 Å². The summed E-state index contributed by atoms with van der Waals surface area (Å²) in [5.74, 6) is -0.381. The monoisotopic (exact) mass is 549 g/mol. The number of hydrogen-bond donors (Lipinski definition) is 3. The van der Waals surface area contributed by atoms with E-state index in [0.717, 1.165) is 38.1 Å². The zero-order chi connectivity index (χ0) is 28.3. The Hall–Kier alpha value is -4.51. The van der Waals surface area contributed by atoms with Crippen LogP contribution in [0.1, 0.15) is 35.1 Å². The Labute approximate surface area is 228 Å². The average molecular weight is 550 g/mol. The predicted octanol–water partition coefficient (Wildman–Crippen LogP) is 4.58. The van der Waals surface area contributed by atoms with Crippen LogP contribution in [0.3, 0.4) is 0 Å². The predicted molar refractivity (Wildman–Crippen MR) is 145 cm³/mol. The van der Waals surface area contributed by atoms with Crippen molar-refractivity contribution in [3.63, 3.8) is 0 Å². The van der Waals surface area contributed by atoms with Crippen LogP contribution in [-0.2, 0) is 22.2 Å². The molecule has 0 bridgehead atoms. The molecule has 1 aromatic heterocycles. The second-order valence-corrected chi connectivity index (χ2v) is 9.51. The van der Waals surface area contributed by atoms with Gasteiger partial charge in [0.25, 0.3) is 5.91 Å². The number of amides is 2. The molecule has 1 unspecified atom stereocenters. The molecule has 2 amide bonds. The Morgan fingerprint density at radius 1 is 1.05 bits per heavy atom. The van der Waals surface area contributed by atoms with Crippen molar-refractivity contribution in [1.29, 1.82) is 0 Å². The molecule has 5 rings (SSSR count). The SMILES string of the molecule is O=C(C=CC=C(c1ccc(C(F)(F)F)cc1)c1cnc(N2CCCC2)nc1)Nc1cccc2c1CC(O)C(=O)N2. The normalized spacial score (nSPS) is 17.6. The summed E-state index contributed by atoms with van der Waals surface area (Å²) in [5.41, 5.74) is 2.41. The number of nitrogens with zero attached hydrogens (tertiary/aromatic N) is 3. The lowest BCUT2D eigenvalue weighted by atomic mass is 9.98. The fraction of sp³-hybridized carbons (Fsp3) is 0.241. The van der Waals surface area contributed by atoms with Crippen molar-refractivity contribution in [1.82, 2.24) is 9.97 Å². The van der Waals surface area contributed by atoms with Gasteiger partial charge in [-0.3, -0.25) is 9.59 Å². The molecule has 206 valence electrons. The molecule has 1 atom stereocenters. The molecule has 8 nitrogen and oxygen atoms in total. The number of carbonyl (C=O) groups is 2. The first-order valence-electron chi connectivity index (χ1n) is 12.7. The molecule has 11 heteroatoms. The van der Waals surface area contributed by atoms with E-state index in [-0.39, 0.29) is 6.42 Å². The molecule has 0 saturated carbocycles. The summed E-state index contributed by atoms with van der Waals surface area (Å²) in [6.45, 7) is 1.74. The summed E-state index contributed by atoms with van der Waals surface area (Å²) in [7, 11) is 0. The smallest absolute Gasteiger partial charge is 0.383 e. The van der Waals surface area contributed by atoms with Gasteiger partial charge in [-0.05, 0) is 48.2 Å². The van der Waals surface area contributed by atoms with Crippen LogP contribution in [0.5, 0.6) is 0 Å². The van der Waals surface area contributed by atoms with Crippen molar-refractivity contribution >= 4 is 34.7 Å². The highest BCUT2D eigenvalue weighted by molar-refractivity contribution is 6.03. The molecule has 2 aliphatic heterocycles. The molecular formula is C29H26F3N5O3. The Bertz CT molecular complexity index is 1460. The van der Waals surface area contributed by atoms with Crippen molar-refractivity contribution < 1.29 is 27.9 Å². The first-order chi connectivity index (χ1) is 19.2. The Morgan fingerprint density at radius 2 is 1.75 bits per heavy atom. The zero-order valence-electron chi connectivity index (χ0n) is 21.3. The minimum atomic E-state index is -4.46. The van der Waals surface area contributed by atoms with Gasteiger partial charge in [0, 0.05) is 60.5 Å². The fourth-order valence-corrected chi connectivity index (χ4v) is 4.69. The van der Waals surface area contributed by atoms with E-state index in [4.69, 9.17) is 0 Å². The first-order valence-corrected chi connectivity index (χ1v) is 12.7. The summed E-state index contributed by atoms with van der Waals surface area (Å²) in [6.07, 6.45) is 4.13. The van der Waals surface area contributed by atoms with Gasteiger partial charge in [-0.25, -0.2) is 9.97 Å². The minimum absolute atomic E-state index is 0.0622. The van der Waals surface area contributed by atoms with Gasteiger partial charge in [-0.15, -0.1) is 0 Å². The molecule has 1 fully saturated rings. The van der Waals surface area contributed by atoms with E-state index in [2.05, 4.69) is 25.5 Å². The minimum Gasteiger partial charge on any atom is -0.383 e. The highest BCUT2D eigenvalue weighted by atomic mass is 19.4. The number of hydrogen-bond acceptors (Lipinski definition) is 6. The van der Waals surface area contributed by atoms with E-state index in [0.29, 0.717) is 39.6 Å². The van der Waals surface area contributed by atoms with Crippen molar-refractivity contribution in [2.45, 2.75) is 31.5 Å². The van der Waals surface area contributed by atoms with Crippen molar-refractivity contribution in [2.24, 2.45) is 0 Å².